The fourth-order valence-corrected chi connectivity index (χ4v) is 2.30. The van der Waals surface area contributed by atoms with E-state index in [1.165, 1.54) is 5.69 Å². The van der Waals surface area contributed by atoms with Gasteiger partial charge in [0.1, 0.15) is 0 Å². The van der Waals surface area contributed by atoms with Crippen molar-refractivity contribution in [1.82, 2.24) is 0 Å². The summed E-state index contributed by atoms with van der Waals surface area (Å²) in [5.41, 5.74) is 1.28. The minimum Gasteiger partial charge on any atom is -0.372 e. The van der Waals surface area contributed by atoms with E-state index in [0.29, 0.717) is 12.2 Å². The van der Waals surface area contributed by atoms with Gasteiger partial charge in [0.2, 0.25) is 0 Å². The van der Waals surface area contributed by atoms with Crippen LogP contribution in [-0.2, 0) is 4.74 Å². The lowest BCUT2D eigenvalue weighted by Gasteiger charge is -2.36. The third kappa shape index (κ3) is 2.73. The van der Waals surface area contributed by atoms with Gasteiger partial charge in [-0.25, -0.2) is 0 Å². The number of benzene rings is 1. The predicted octanol–water partition coefficient (Wildman–Crippen LogP) is 3.06. The lowest BCUT2D eigenvalue weighted by atomic mass is 10.2. The second-order valence-corrected chi connectivity index (χ2v) is 5.05. The Morgan fingerprint density at radius 2 is 1.67 bits per heavy atom. The van der Waals surface area contributed by atoms with Gasteiger partial charge < -0.3 is 9.64 Å². The highest BCUT2D eigenvalue weighted by molar-refractivity contribution is 9.10. The van der Waals surface area contributed by atoms with Crippen LogP contribution in [0.25, 0.3) is 0 Å². The van der Waals surface area contributed by atoms with Crippen molar-refractivity contribution in [3.8, 4) is 0 Å². The van der Waals surface area contributed by atoms with E-state index >= 15 is 0 Å². The van der Waals surface area contributed by atoms with Crippen molar-refractivity contribution in [2.75, 3.05) is 18.0 Å². The number of anilines is 1. The van der Waals surface area contributed by atoms with Gasteiger partial charge in [-0.2, -0.15) is 0 Å². The molecule has 15 heavy (non-hydrogen) atoms. The molecule has 0 aliphatic carbocycles. The Morgan fingerprint density at radius 3 is 2.20 bits per heavy atom. The molecule has 2 nitrogen and oxygen atoms in total. The summed E-state index contributed by atoms with van der Waals surface area (Å²) in [6, 6.07) is 8.46. The number of morpholine rings is 1. The number of rotatable bonds is 1. The van der Waals surface area contributed by atoms with Crippen LogP contribution in [0.15, 0.2) is 28.7 Å². The topological polar surface area (TPSA) is 12.5 Å². The first-order chi connectivity index (χ1) is 7.15. The van der Waals surface area contributed by atoms with Crippen LogP contribution in [-0.4, -0.2) is 25.3 Å². The fourth-order valence-electron chi connectivity index (χ4n) is 2.04. The van der Waals surface area contributed by atoms with Crippen LogP contribution in [0.2, 0.25) is 0 Å². The summed E-state index contributed by atoms with van der Waals surface area (Å²) in [4.78, 5) is 2.38. The number of nitrogens with zero attached hydrogens (tertiary/aromatic N) is 1. The first kappa shape index (κ1) is 11.0. The third-order valence-electron chi connectivity index (χ3n) is 2.61. The van der Waals surface area contributed by atoms with Crippen molar-refractivity contribution < 1.29 is 4.74 Å². The second-order valence-electron chi connectivity index (χ2n) is 4.14. The zero-order valence-corrected chi connectivity index (χ0v) is 10.7. The van der Waals surface area contributed by atoms with Gasteiger partial charge in [0.15, 0.2) is 0 Å². The molecule has 0 unspecified atom stereocenters. The van der Waals surface area contributed by atoms with E-state index in [4.69, 9.17) is 4.74 Å². The molecule has 1 heterocycles. The van der Waals surface area contributed by atoms with E-state index in [-0.39, 0.29) is 0 Å². The molecule has 0 N–H and O–H groups in total. The van der Waals surface area contributed by atoms with Gasteiger partial charge in [-0.05, 0) is 38.1 Å². The lowest BCUT2D eigenvalue weighted by Crippen LogP contribution is -2.45. The van der Waals surface area contributed by atoms with Crippen LogP contribution in [0, 0.1) is 0 Å². The zero-order chi connectivity index (χ0) is 10.8. The van der Waals surface area contributed by atoms with Gasteiger partial charge in [-0.15, -0.1) is 0 Å². The van der Waals surface area contributed by atoms with Gasteiger partial charge in [-0.3, -0.25) is 0 Å². The molecule has 3 heteroatoms. The van der Waals surface area contributed by atoms with Crippen LogP contribution in [0.5, 0.6) is 0 Å². The molecule has 1 fully saturated rings. The number of ether oxygens (including phenoxy) is 1. The molecule has 0 saturated carbocycles. The van der Waals surface area contributed by atoms with Crippen LogP contribution in [0.1, 0.15) is 13.8 Å². The summed E-state index contributed by atoms with van der Waals surface area (Å²) in [5, 5.41) is 0. The molecule has 1 aliphatic rings. The monoisotopic (exact) mass is 269 g/mol. The van der Waals surface area contributed by atoms with E-state index in [1.54, 1.807) is 0 Å². The van der Waals surface area contributed by atoms with Crippen molar-refractivity contribution >= 4 is 21.6 Å². The highest BCUT2D eigenvalue weighted by Crippen LogP contribution is 2.22. The average Bonchev–Trinajstić information content (AvgIpc) is 2.17. The average molecular weight is 270 g/mol. The van der Waals surface area contributed by atoms with Gasteiger partial charge in [0, 0.05) is 23.2 Å². The Balaban J connectivity index is 2.12. The van der Waals surface area contributed by atoms with Crippen molar-refractivity contribution in [1.29, 1.82) is 0 Å². The fraction of sp³-hybridized carbons (Fsp3) is 0.500. The van der Waals surface area contributed by atoms with E-state index in [1.807, 2.05) is 0 Å². The molecular weight excluding hydrogens is 254 g/mol. The molecule has 0 spiro atoms. The minimum atomic E-state index is 0.317. The Morgan fingerprint density at radius 1 is 1.13 bits per heavy atom. The van der Waals surface area contributed by atoms with Crippen molar-refractivity contribution in [3.05, 3.63) is 28.7 Å². The Bertz CT molecular complexity index is 315. The summed E-state index contributed by atoms with van der Waals surface area (Å²) in [6.45, 7) is 6.21. The van der Waals surface area contributed by atoms with E-state index in [0.717, 1.165) is 17.6 Å². The zero-order valence-electron chi connectivity index (χ0n) is 9.11. The highest BCUT2D eigenvalue weighted by atomic mass is 79.9. The minimum absolute atomic E-state index is 0.317. The Hall–Kier alpha value is -0.540. The first-order valence-corrected chi connectivity index (χ1v) is 6.10. The molecule has 0 aromatic heterocycles. The van der Waals surface area contributed by atoms with Crippen molar-refractivity contribution in [2.24, 2.45) is 0 Å². The van der Waals surface area contributed by atoms with Gasteiger partial charge >= 0.3 is 0 Å². The second kappa shape index (κ2) is 4.54. The van der Waals surface area contributed by atoms with E-state index in [9.17, 15) is 0 Å². The summed E-state index contributed by atoms with van der Waals surface area (Å²) in [5.74, 6) is 0. The SMILES string of the molecule is C[C@H]1CN(c2ccc(Br)cc2)C[C@H](C)O1. The summed E-state index contributed by atoms with van der Waals surface area (Å²) in [7, 11) is 0. The number of hydrogen-bond donors (Lipinski definition) is 0. The van der Waals surface area contributed by atoms with Crippen LogP contribution < -0.4 is 4.90 Å². The van der Waals surface area contributed by atoms with Crippen LogP contribution in [0.3, 0.4) is 0 Å². The molecule has 82 valence electrons. The molecule has 1 aliphatic heterocycles. The quantitative estimate of drug-likeness (QED) is 0.777. The smallest absolute Gasteiger partial charge is 0.0726 e. The molecule has 1 aromatic carbocycles. The van der Waals surface area contributed by atoms with E-state index < -0.39 is 0 Å². The maximum absolute atomic E-state index is 5.71. The Labute approximate surface area is 99.4 Å². The first-order valence-electron chi connectivity index (χ1n) is 5.31. The molecule has 0 amide bonds. The molecule has 0 radical (unpaired) electrons. The highest BCUT2D eigenvalue weighted by Gasteiger charge is 2.21. The Kier molecular flexibility index (Phi) is 3.32. The summed E-state index contributed by atoms with van der Waals surface area (Å²) >= 11 is 3.45. The number of hydrogen-bond acceptors (Lipinski definition) is 2. The predicted molar refractivity (Wildman–Crippen MR) is 66.4 cm³/mol. The van der Waals surface area contributed by atoms with Crippen molar-refractivity contribution in [3.63, 3.8) is 0 Å². The summed E-state index contributed by atoms with van der Waals surface area (Å²) in [6.07, 6.45) is 0.634. The maximum Gasteiger partial charge on any atom is 0.0726 e. The maximum atomic E-state index is 5.71. The molecular formula is C12H16BrNO. The largest absolute Gasteiger partial charge is 0.372 e. The summed E-state index contributed by atoms with van der Waals surface area (Å²) < 4.78 is 6.84. The van der Waals surface area contributed by atoms with Crippen LogP contribution in [0.4, 0.5) is 5.69 Å². The molecule has 1 saturated heterocycles. The molecule has 2 rings (SSSR count). The van der Waals surface area contributed by atoms with Gasteiger partial charge in [0.25, 0.3) is 0 Å². The van der Waals surface area contributed by atoms with Crippen molar-refractivity contribution in [2.45, 2.75) is 26.1 Å². The van der Waals surface area contributed by atoms with E-state index in [2.05, 4.69) is 58.9 Å². The standard InChI is InChI=1S/C12H16BrNO/c1-9-7-14(8-10(2)15-9)12-5-3-11(13)4-6-12/h3-6,9-10H,7-8H2,1-2H3/t9-,10-/m0/s1. The van der Waals surface area contributed by atoms with Crippen LogP contribution >= 0.6 is 15.9 Å². The van der Waals surface area contributed by atoms with Gasteiger partial charge in [-0.1, -0.05) is 15.9 Å². The molecule has 2 atom stereocenters. The molecule has 0 bridgehead atoms. The third-order valence-corrected chi connectivity index (χ3v) is 3.14. The van der Waals surface area contributed by atoms with Gasteiger partial charge in [0.05, 0.1) is 12.2 Å². The normalized spacial score (nSPS) is 26.7. The molecule has 1 aromatic rings. The number of halogens is 1. The lowest BCUT2D eigenvalue weighted by molar-refractivity contribution is -0.00521.